The van der Waals surface area contributed by atoms with Gasteiger partial charge in [-0.15, -0.1) is 11.3 Å². The number of hydrogen-bond donors (Lipinski definition) is 1. The molecular formula is C15H17N3OS. The number of hydrogen-bond acceptors (Lipinski definition) is 4. The Morgan fingerprint density at radius 1 is 1.40 bits per heavy atom. The van der Waals surface area contributed by atoms with Gasteiger partial charge in [0.25, 0.3) is 5.91 Å². The van der Waals surface area contributed by atoms with Crippen molar-refractivity contribution in [2.75, 3.05) is 19.6 Å². The predicted octanol–water partition coefficient (Wildman–Crippen LogP) is 2.24. The van der Waals surface area contributed by atoms with Crippen LogP contribution in [0.2, 0.25) is 0 Å². The summed E-state index contributed by atoms with van der Waals surface area (Å²) < 4.78 is 0. The molecule has 3 rings (SSSR count). The molecule has 1 saturated heterocycles. The lowest BCUT2D eigenvalue weighted by atomic mass is 10.2. The fourth-order valence-electron chi connectivity index (χ4n) is 2.37. The third kappa shape index (κ3) is 2.59. The Morgan fingerprint density at radius 3 is 2.95 bits per heavy atom. The third-order valence-corrected chi connectivity index (χ3v) is 4.53. The number of amides is 1. The first kappa shape index (κ1) is 13.3. The molecule has 5 heteroatoms. The summed E-state index contributed by atoms with van der Waals surface area (Å²) in [7, 11) is 0. The molecule has 2 heterocycles. The van der Waals surface area contributed by atoms with Crippen LogP contribution in [0.3, 0.4) is 0 Å². The van der Waals surface area contributed by atoms with Gasteiger partial charge in [-0.1, -0.05) is 30.3 Å². The molecule has 104 valence electrons. The molecule has 1 amide bonds. The Bertz CT molecular complexity index is 596. The van der Waals surface area contributed by atoms with E-state index in [0.717, 1.165) is 35.1 Å². The highest BCUT2D eigenvalue weighted by molar-refractivity contribution is 7.16. The Balaban J connectivity index is 1.81. The average Bonchev–Trinajstić information content (AvgIpc) is 2.98. The summed E-state index contributed by atoms with van der Waals surface area (Å²) in [4.78, 5) is 19.6. The van der Waals surface area contributed by atoms with Gasteiger partial charge in [0.2, 0.25) is 0 Å². The lowest BCUT2D eigenvalue weighted by Gasteiger charge is -2.33. The van der Waals surface area contributed by atoms with Gasteiger partial charge in [-0.05, 0) is 6.92 Å². The highest BCUT2D eigenvalue weighted by Crippen LogP contribution is 2.26. The van der Waals surface area contributed by atoms with Crippen molar-refractivity contribution in [3.05, 3.63) is 41.4 Å². The summed E-state index contributed by atoms with van der Waals surface area (Å²) in [6.07, 6.45) is 1.70. The molecule has 0 radical (unpaired) electrons. The first-order valence-electron chi connectivity index (χ1n) is 6.78. The number of benzene rings is 1. The van der Waals surface area contributed by atoms with Crippen LogP contribution in [0.4, 0.5) is 0 Å². The maximum Gasteiger partial charge on any atom is 0.265 e. The van der Waals surface area contributed by atoms with Gasteiger partial charge in [0.1, 0.15) is 9.88 Å². The van der Waals surface area contributed by atoms with Gasteiger partial charge in [0.15, 0.2) is 0 Å². The molecule has 20 heavy (non-hydrogen) atoms. The van der Waals surface area contributed by atoms with Crippen molar-refractivity contribution in [2.45, 2.75) is 13.0 Å². The van der Waals surface area contributed by atoms with Crippen LogP contribution in [0.25, 0.3) is 10.6 Å². The molecule has 0 saturated carbocycles. The van der Waals surface area contributed by atoms with Crippen LogP contribution in [0.1, 0.15) is 16.6 Å². The molecule has 2 aromatic rings. The third-order valence-electron chi connectivity index (χ3n) is 3.50. The molecule has 1 fully saturated rings. The van der Waals surface area contributed by atoms with Crippen molar-refractivity contribution in [2.24, 2.45) is 0 Å². The van der Waals surface area contributed by atoms with E-state index in [1.165, 1.54) is 11.3 Å². The van der Waals surface area contributed by atoms with Crippen LogP contribution in [0, 0.1) is 0 Å². The molecule has 1 aliphatic heterocycles. The predicted molar refractivity (Wildman–Crippen MR) is 80.9 cm³/mol. The number of rotatable bonds is 2. The molecular weight excluding hydrogens is 270 g/mol. The minimum Gasteiger partial charge on any atom is -0.333 e. The summed E-state index contributed by atoms with van der Waals surface area (Å²) in [6, 6.07) is 10.2. The highest BCUT2D eigenvalue weighted by Gasteiger charge is 2.25. The van der Waals surface area contributed by atoms with Crippen molar-refractivity contribution < 1.29 is 4.79 Å². The van der Waals surface area contributed by atoms with E-state index >= 15 is 0 Å². The van der Waals surface area contributed by atoms with Gasteiger partial charge in [-0.3, -0.25) is 4.79 Å². The lowest BCUT2D eigenvalue weighted by Crippen LogP contribution is -2.52. The van der Waals surface area contributed by atoms with Gasteiger partial charge >= 0.3 is 0 Å². The average molecular weight is 287 g/mol. The lowest BCUT2D eigenvalue weighted by molar-refractivity contribution is 0.0660. The quantitative estimate of drug-likeness (QED) is 0.921. The van der Waals surface area contributed by atoms with E-state index in [4.69, 9.17) is 0 Å². The van der Waals surface area contributed by atoms with Gasteiger partial charge in [0.05, 0.1) is 6.20 Å². The molecule has 1 aromatic heterocycles. The second-order valence-electron chi connectivity index (χ2n) is 4.95. The van der Waals surface area contributed by atoms with Gasteiger partial charge in [-0.25, -0.2) is 4.98 Å². The first-order chi connectivity index (χ1) is 9.75. The molecule has 4 nitrogen and oxygen atoms in total. The van der Waals surface area contributed by atoms with Crippen molar-refractivity contribution in [3.8, 4) is 10.6 Å². The van der Waals surface area contributed by atoms with Gasteiger partial charge in [-0.2, -0.15) is 0 Å². The first-order valence-corrected chi connectivity index (χ1v) is 7.60. The van der Waals surface area contributed by atoms with Crippen molar-refractivity contribution in [1.82, 2.24) is 15.2 Å². The SMILES string of the molecule is C[C@@H]1CNCCN1C(=O)c1cnc(-c2ccccc2)s1. The smallest absolute Gasteiger partial charge is 0.265 e. The fraction of sp³-hybridized carbons (Fsp3) is 0.333. The van der Waals surface area contributed by atoms with E-state index < -0.39 is 0 Å². The summed E-state index contributed by atoms with van der Waals surface area (Å²) in [5, 5.41) is 4.20. The van der Waals surface area contributed by atoms with E-state index in [1.54, 1.807) is 6.20 Å². The van der Waals surface area contributed by atoms with Crippen LogP contribution >= 0.6 is 11.3 Å². The summed E-state index contributed by atoms with van der Waals surface area (Å²) >= 11 is 1.47. The van der Waals surface area contributed by atoms with Crippen LogP contribution < -0.4 is 5.32 Å². The summed E-state index contributed by atoms with van der Waals surface area (Å²) in [5.74, 6) is 0.0960. The zero-order chi connectivity index (χ0) is 13.9. The topological polar surface area (TPSA) is 45.2 Å². The highest BCUT2D eigenvalue weighted by atomic mass is 32.1. The Kier molecular flexibility index (Phi) is 3.80. The van der Waals surface area contributed by atoms with Crippen molar-refractivity contribution in [1.29, 1.82) is 0 Å². The van der Waals surface area contributed by atoms with E-state index in [0.29, 0.717) is 0 Å². The van der Waals surface area contributed by atoms with Crippen molar-refractivity contribution in [3.63, 3.8) is 0 Å². The molecule has 0 unspecified atom stereocenters. The number of thiazole rings is 1. The number of nitrogens with one attached hydrogen (secondary N) is 1. The van der Waals surface area contributed by atoms with Crippen LogP contribution in [0.5, 0.6) is 0 Å². The molecule has 1 N–H and O–H groups in total. The van der Waals surface area contributed by atoms with Crippen LogP contribution in [-0.4, -0.2) is 41.5 Å². The Hall–Kier alpha value is -1.72. The minimum absolute atomic E-state index is 0.0960. The number of piperazine rings is 1. The van der Waals surface area contributed by atoms with Gasteiger partial charge in [0, 0.05) is 31.2 Å². The molecule has 1 aliphatic rings. The van der Waals surface area contributed by atoms with Gasteiger partial charge < -0.3 is 10.2 Å². The standard InChI is InChI=1S/C15H17N3OS/c1-11-9-16-7-8-18(11)15(19)13-10-17-14(20-13)12-5-3-2-4-6-12/h2-6,10-11,16H,7-9H2,1H3/t11-/m1/s1. The van der Waals surface area contributed by atoms with Crippen LogP contribution in [-0.2, 0) is 0 Å². The summed E-state index contributed by atoms with van der Waals surface area (Å²) in [5.41, 5.74) is 1.06. The number of nitrogens with zero attached hydrogens (tertiary/aromatic N) is 2. The maximum absolute atomic E-state index is 12.5. The molecule has 0 spiro atoms. The number of aromatic nitrogens is 1. The second kappa shape index (κ2) is 5.73. The Morgan fingerprint density at radius 2 is 2.20 bits per heavy atom. The van der Waals surface area contributed by atoms with E-state index in [2.05, 4.69) is 17.2 Å². The van der Waals surface area contributed by atoms with E-state index in [1.807, 2.05) is 35.2 Å². The largest absolute Gasteiger partial charge is 0.333 e. The minimum atomic E-state index is 0.0960. The number of carbonyl (C=O) groups excluding carboxylic acids is 1. The molecule has 1 aromatic carbocycles. The van der Waals surface area contributed by atoms with Crippen LogP contribution in [0.15, 0.2) is 36.5 Å². The molecule has 0 bridgehead atoms. The molecule has 0 aliphatic carbocycles. The van der Waals surface area contributed by atoms with E-state index in [9.17, 15) is 4.79 Å². The molecule has 1 atom stereocenters. The second-order valence-corrected chi connectivity index (χ2v) is 5.98. The zero-order valence-electron chi connectivity index (χ0n) is 11.4. The fourth-order valence-corrected chi connectivity index (χ4v) is 3.25. The Labute approximate surface area is 122 Å². The summed E-state index contributed by atoms with van der Waals surface area (Å²) in [6.45, 7) is 4.55. The van der Waals surface area contributed by atoms with Crippen molar-refractivity contribution >= 4 is 17.2 Å². The number of carbonyl (C=O) groups is 1. The normalized spacial score (nSPS) is 19.1. The zero-order valence-corrected chi connectivity index (χ0v) is 12.2. The maximum atomic E-state index is 12.5. The monoisotopic (exact) mass is 287 g/mol. The van der Waals surface area contributed by atoms with E-state index in [-0.39, 0.29) is 11.9 Å².